The van der Waals surface area contributed by atoms with Crippen LogP contribution in [0.3, 0.4) is 0 Å². The molecule has 0 saturated heterocycles. The monoisotopic (exact) mass is 237 g/mol. The highest BCUT2D eigenvalue weighted by Crippen LogP contribution is 2.28. The number of imidazole rings is 1. The standard InChI is InChI=1S/C12H16ClN3/c1-6-8(13)7(2)14-10-9(6)15-11(16-10)12(3,4)5/h1-5H3,(H,14,15,16). The van der Waals surface area contributed by atoms with E-state index in [1.165, 1.54) is 0 Å². The van der Waals surface area contributed by atoms with Crippen LogP contribution in [0.1, 0.15) is 37.9 Å². The van der Waals surface area contributed by atoms with Gasteiger partial charge in [0.25, 0.3) is 0 Å². The van der Waals surface area contributed by atoms with Crippen LogP contribution >= 0.6 is 11.6 Å². The molecule has 2 heterocycles. The molecule has 0 aromatic carbocycles. The fourth-order valence-electron chi connectivity index (χ4n) is 1.65. The smallest absolute Gasteiger partial charge is 0.178 e. The first-order chi connectivity index (χ1) is 7.30. The summed E-state index contributed by atoms with van der Waals surface area (Å²) < 4.78 is 0. The third-order valence-electron chi connectivity index (χ3n) is 2.69. The molecule has 0 aliphatic carbocycles. The van der Waals surface area contributed by atoms with E-state index in [0.717, 1.165) is 33.3 Å². The van der Waals surface area contributed by atoms with Crippen molar-refractivity contribution in [3.05, 3.63) is 22.1 Å². The number of pyridine rings is 1. The average Bonchev–Trinajstić information content (AvgIpc) is 2.57. The zero-order valence-corrected chi connectivity index (χ0v) is 11.0. The van der Waals surface area contributed by atoms with E-state index in [1.54, 1.807) is 0 Å². The van der Waals surface area contributed by atoms with Crippen LogP contribution < -0.4 is 0 Å². The zero-order valence-electron chi connectivity index (χ0n) is 10.3. The molecular weight excluding hydrogens is 222 g/mol. The summed E-state index contributed by atoms with van der Waals surface area (Å²) in [5.74, 6) is 0.944. The number of fused-ring (bicyclic) bond motifs is 1. The van der Waals surface area contributed by atoms with Gasteiger partial charge in [-0.2, -0.15) is 0 Å². The van der Waals surface area contributed by atoms with Gasteiger partial charge in [0.1, 0.15) is 5.82 Å². The minimum atomic E-state index is -0.00643. The first-order valence-corrected chi connectivity index (χ1v) is 5.71. The molecule has 2 aromatic heterocycles. The molecule has 0 spiro atoms. The number of rotatable bonds is 0. The first-order valence-electron chi connectivity index (χ1n) is 5.33. The molecule has 0 bridgehead atoms. The molecule has 0 aliphatic rings. The number of aromatic amines is 1. The Hall–Kier alpha value is -1.09. The Kier molecular flexibility index (Phi) is 2.46. The van der Waals surface area contributed by atoms with Crippen molar-refractivity contribution in [3.63, 3.8) is 0 Å². The Labute approximate surface area is 100 Å². The summed E-state index contributed by atoms with van der Waals surface area (Å²) in [5.41, 5.74) is 3.55. The van der Waals surface area contributed by atoms with Gasteiger partial charge < -0.3 is 4.98 Å². The zero-order chi connectivity index (χ0) is 12.1. The second kappa shape index (κ2) is 3.45. The van der Waals surface area contributed by atoms with Gasteiger partial charge >= 0.3 is 0 Å². The van der Waals surface area contributed by atoms with Gasteiger partial charge in [-0.05, 0) is 19.4 Å². The van der Waals surface area contributed by atoms with Gasteiger partial charge in [-0.15, -0.1) is 0 Å². The van der Waals surface area contributed by atoms with E-state index in [2.05, 4.69) is 35.7 Å². The second-order valence-electron chi connectivity index (χ2n) is 5.17. The van der Waals surface area contributed by atoms with Crippen molar-refractivity contribution in [1.82, 2.24) is 15.0 Å². The first kappa shape index (κ1) is 11.4. The maximum absolute atomic E-state index is 6.17. The molecule has 0 amide bonds. The molecule has 2 aromatic rings. The van der Waals surface area contributed by atoms with Gasteiger partial charge in [0.15, 0.2) is 5.65 Å². The van der Waals surface area contributed by atoms with E-state index in [4.69, 9.17) is 11.6 Å². The lowest BCUT2D eigenvalue weighted by molar-refractivity contribution is 0.554. The van der Waals surface area contributed by atoms with Crippen molar-refractivity contribution in [1.29, 1.82) is 0 Å². The molecule has 0 radical (unpaired) electrons. The molecule has 3 nitrogen and oxygen atoms in total. The molecule has 0 unspecified atom stereocenters. The van der Waals surface area contributed by atoms with Crippen molar-refractivity contribution in [3.8, 4) is 0 Å². The summed E-state index contributed by atoms with van der Waals surface area (Å²) in [4.78, 5) is 12.2. The summed E-state index contributed by atoms with van der Waals surface area (Å²) >= 11 is 6.17. The van der Waals surface area contributed by atoms with E-state index in [1.807, 2.05) is 13.8 Å². The van der Waals surface area contributed by atoms with Crippen LogP contribution in [-0.2, 0) is 5.41 Å². The number of nitrogens with one attached hydrogen (secondary N) is 1. The van der Waals surface area contributed by atoms with Gasteiger partial charge in [-0.25, -0.2) is 9.97 Å². The number of hydrogen-bond donors (Lipinski definition) is 1. The molecule has 1 N–H and O–H groups in total. The largest absolute Gasteiger partial charge is 0.340 e. The molecule has 0 aliphatic heterocycles. The van der Waals surface area contributed by atoms with E-state index in [-0.39, 0.29) is 5.41 Å². The maximum atomic E-state index is 6.17. The summed E-state index contributed by atoms with van der Waals surface area (Å²) in [7, 11) is 0. The number of aryl methyl sites for hydroxylation is 2. The Balaban J connectivity index is 2.77. The molecule has 86 valence electrons. The van der Waals surface area contributed by atoms with Crippen molar-refractivity contribution in [2.24, 2.45) is 0 Å². The van der Waals surface area contributed by atoms with E-state index in [9.17, 15) is 0 Å². The normalized spacial score (nSPS) is 12.4. The minimum Gasteiger partial charge on any atom is -0.340 e. The van der Waals surface area contributed by atoms with E-state index >= 15 is 0 Å². The van der Waals surface area contributed by atoms with Crippen molar-refractivity contribution in [2.75, 3.05) is 0 Å². The molecule has 16 heavy (non-hydrogen) atoms. The summed E-state index contributed by atoms with van der Waals surface area (Å²) in [5, 5.41) is 0.719. The SMILES string of the molecule is Cc1nc2nc(C(C)(C)C)[nH]c2c(C)c1Cl. The Morgan fingerprint density at radius 2 is 1.75 bits per heavy atom. The summed E-state index contributed by atoms with van der Waals surface area (Å²) in [6, 6.07) is 0. The molecule has 2 rings (SSSR count). The summed E-state index contributed by atoms with van der Waals surface area (Å²) in [6.07, 6.45) is 0. The number of nitrogens with zero attached hydrogens (tertiary/aromatic N) is 2. The fourth-order valence-corrected chi connectivity index (χ4v) is 1.79. The van der Waals surface area contributed by atoms with Gasteiger partial charge in [0.05, 0.1) is 16.2 Å². The number of hydrogen-bond acceptors (Lipinski definition) is 2. The molecule has 0 fully saturated rings. The fraction of sp³-hybridized carbons (Fsp3) is 0.500. The lowest BCUT2D eigenvalue weighted by Gasteiger charge is -2.13. The summed E-state index contributed by atoms with van der Waals surface area (Å²) in [6.45, 7) is 10.3. The van der Waals surface area contributed by atoms with Gasteiger partial charge in [-0.3, -0.25) is 0 Å². The second-order valence-corrected chi connectivity index (χ2v) is 5.55. The topological polar surface area (TPSA) is 41.6 Å². The quantitative estimate of drug-likeness (QED) is 0.762. The number of H-pyrrole nitrogens is 1. The van der Waals surface area contributed by atoms with E-state index < -0.39 is 0 Å². The predicted molar refractivity (Wildman–Crippen MR) is 67.1 cm³/mol. The van der Waals surface area contributed by atoms with Crippen LogP contribution in [0, 0.1) is 13.8 Å². The van der Waals surface area contributed by atoms with Crippen LogP contribution in [0.4, 0.5) is 0 Å². The van der Waals surface area contributed by atoms with Crippen LogP contribution in [0.2, 0.25) is 5.02 Å². The highest BCUT2D eigenvalue weighted by atomic mass is 35.5. The molecular formula is C12H16ClN3. The third kappa shape index (κ3) is 1.69. The van der Waals surface area contributed by atoms with Gasteiger partial charge in [-0.1, -0.05) is 32.4 Å². The van der Waals surface area contributed by atoms with Crippen LogP contribution in [0.5, 0.6) is 0 Å². The van der Waals surface area contributed by atoms with Crippen LogP contribution in [0.25, 0.3) is 11.2 Å². The molecule has 4 heteroatoms. The van der Waals surface area contributed by atoms with E-state index in [0.29, 0.717) is 0 Å². The van der Waals surface area contributed by atoms with Crippen LogP contribution in [0.15, 0.2) is 0 Å². The Bertz CT molecular complexity index is 549. The number of halogens is 1. The Morgan fingerprint density at radius 1 is 1.12 bits per heavy atom. The van der Waals surface area contributed by atoms with Gasteiger partial charge in [0.2, 0.25) is 0 Å². The highest BCUT2D eigenvalue weighted by Gasteiger charge is 2.20. The van der Waals surface area contributed by atoms with Crippen molar-refractivity contribution in [2.45, 2.75) is 40.0 Å². The molecule has 0 atom stereocenters. The lowest BCUT2D eigenvalue weighted by atomic mass is 9.96. The van der Waals surface area contributed by atoms with Crippen molar-refractivity contribution < 1.29 is 0 Å². The van der Waals surface area contributed by atoms with Crippen LogP contribution in [-0.4, -0.2) is 15.0 Å². The molecule has 0 saturated carbocycles. The lowest BCUT2D eigenvalue weighted by Crippen LogP contribution is -2.13. The third-order valence-corrected chi connectivity index (χ3v) is 3.25. The maximum Gasteiger partial charge on any atom is 0.178 e. The number of aromatic nitrogens is 3. The predicted octanol–water partition coefficient (Wildman–Crippen LogP) is 3.53. The Morgan fingerprint density at radius 3 is 2.31 bits per heavy atom. The van der Waals surface area contributed by atoms with Gasteiger partial charge in [0, 0.05) is 5.41 Å². The minimum absolute atomic E-state index is 0.00643. The average molecular weight is 238 g/mol. The van der Waals surface area contributed by atoms with Crippen molar-refractivity contribution >= 4 is 22.8 Å². The highest BCUT2D eigenvalue weighted by molar-refractivity contribution is 6.32.